The molecule has 2 aromatic carbocycles. The first-order chi connectivity index (χ1) is 14.2. The lowest BCUT2D eigenvalue weighted by Crippen LogP contribution is -2.38. The molecule has 0 saturated carbocycles. The van der Waals surface area contributed by atoms with E-state index in [1.54, 1.807) is 32.4 Å². The van der Waals surface area contributed by atoms with E-state index in [0.717, 1.165) is 5.52 Å². The molecule has 1 aromatic heterocycles. The summed E-state index contributed by atoms with van der Waals surface area (Å²) < 4.78 is 16.0. The third-order valence-corrected chi connectivity index (χ3v) is 4.69. The normalized spacial score (nSPS) is 13.9. The standard InChI is InChI=1S/C21H22N4O4/c1-27-15-11-14(12-16(13-15)28-2)22-21(26)19-20(25-7-9-29-10-8-25)24-18-6-4-3-5-17(18)23-19/h3-6,11-13H,7-10H2,1-2H3,(H,22,26). The van der Waals surface area contributed by atoms with Crippen molar-refractivity contribution in [3.05, 3.63) is 48.2 Å². The number of nitrogens with one attached hydrogen (secondary N) is 1. The number of hydrogen-bond acceptors (Lipinski definition) is 7. The van der Waals surface area contributed by atoms with Gasteiger partial charge in [-0.1, -0.05) is 12.1 Å². The van der Waals surface area contributed by atoms with Crippen LogP contribution in [0.3, 0.4) is 0 Å². The highest BCUT2D eigenvalue weighted by Crippen LogP contribution is 2.27. The second-order valence-corrected chi connectivity index (χ2v) is 6.54. The summed E-state index contributed by atoms with van der Waals surface area (Å²) >= 11 is 0. The molecule has 0 atom stereocenters. The molecular weight excluding hydrogens is 372 g/mol. The van der Waals surface area contributed by atoms with Crippen molar-refractivity contribution in [1.29, 1.82) is 0 Å². The lowest BCUT2D eigenvalue weighted by molar-refractivity contribution is 0.102. The fourth-order valence-corrected chi connectivity index (χ4v) is 3.21. The first-order valence-corrected chi connectivity index (χ1v) is 9.32. The van der Waals surface area contributed by atoms with Crippen molar-refractivity contribution in [2.75, 3.05) is 50.7 Å². The quantitative estimate of drug-likeness (QED) is 0.712. The highest BCUT2D eigenvalue weighted by atomic mass is 16.5. The van der Waals surface area contributed by atoms with Gasteiger partial charge in [0.25, 0.3) is 5.91 Å². The summed E-state index contributed by atoms with van der Waals surface area (Å²) in [5, 5.41) is 2.89. The van der Waals surface area contributed by atoms with Crippen molar-refractivity contribution in [2.45, 2.75) is 0 Å². The summed E-state index contributed by atoms with van der Waals surface area (Å²) in [4.78, 5) is 24.5. The van der Waals surface area contributed by atoms with E-state index in [0.29, 0.717) is 54.8 Å². The summed E-state index contributed by atoms with van der Waals surface area (Å²) in [7, 11) is 3.12. The Balaban J connectivity index is 1.72. The number of nitrogens with zero attached hydrogens (tertiary/aromatic N) is 3. The molecule has 4 rings (SSSR count). The van der Waals surface area contributed by atoms with Crippen molar-refractivity contribution < 1.29 is 19.0 Å². The number of methoxy groups -OCH3 is 2. The maximum atomic E-state index is 13.2. The van der Waals surface area contributed by atoms with Crippen LogP contribution in [-0.4, -0.2) is 56.4 Å². The van der Waals surface area contributed by atoms with E-state index >= 15 is 0 Å². The number of morpholine rings is 1. The molecule has 2 heterocycles. The van der Waals surface area contributed by atoms with E-state index in [1.165, 1.54) is 0 Å². The van der Waals surface area contributed by atoms with E-state index in [4.69, 9.17) is 19.2 Å². The molecular formula is C21H22N4O4. The van der Waals surface area contributed by atoms with Crippen LogP contribution in [-0.2, 0) is 4.74 Å². The third-order valence-electron chi connectivity index (χ3n) is 4.69. The molecule has 150 valence electrons. The van der Waals surface area contributed by atoms with Gasteiger partial charge in [0.15, 0.2) is 11.5 Å². The lowest BCUT2D eigenvalue weighted by atomic mass is 10.2. The van der Waals surface area contributed by atoms with Crippen molar-refractivity contribution in [2.24, 2.45) is 0 Å². The van der Waals surface area contributed by atoms with Crippen LogP contribution >= 0.6 is 0 Å². The van der Waals surface area contributed by atoms with Gasteiger partial charge in [-0.2, -0.15) is 0 Å². The minimum atomic E-state index is -0.347. The van der Waals surface area contributed by atoms with Crippen molar-refractivity contribution in [1.82, 2.24) is 9.97 Å². The zero-order valence-corrected chi connectivity index (χ0v) is 16.3. The Morgan fingerprint density at radius 3 is 2.24 bits per heavy atom. The molecule has 0 bridgehead atoms. The number of carbonyl (C=O) groups excluding carboxylic acids is 1. The van der Waals surface area contributed by atoms with Crippen LogP contribution < -0.4 is 19.7 Å². The van der Waals surface area contributed by atoms with Gasteiger partial charge in [0, 0.05) is 37.0 Å². The first kappa shape index (κ1) is 18.9. The van der Waals surface area contributed by atoms with Crippen LogP contribution in [0.15, 0.2) is 42.5 Å². The van der Waals surface area contributed by atoms with Gasteiger partial charge in [-0.3, -0.25) is 4.79 Å². The highest BCUT2D eigenvalue weighted by molar-refractivity contribution is 6.07. The molecule has 0 aliphatic carbocycles. The van der Waals surface area contributed by atoms with Gasteiger partial charge in [0.05, 0.1) is 38.5 Å². The number of para-hydroxylation sites is 2. The lowest BCUT2D eigenvalue weighted by Gasteiger charge is -2.29. The number of aromatic nitrogens is 2. The largest absolute Gasteiger partial charge is 0.497 e. The fourth-order valence-electron chi connectivity index (χ4n) is 3.21. The summed E-state index contributed by atoms with van der Waals surface area (Å²) in [6, 6.07) is 12.7. The monoisotopic (exact) mass is 394 g/mol. The van der Waals surface area contributed by atoms with Crippen molar-refractivity contribution in [3.8, 4) is 11.5 Å². The number of hydrogen-bond donors (Lipinski definition) is 1. The van der Waals surface area contributed by atoms with Gasteiger partial charge in [-0.15, -0.1) is 0 Å². The van der Waals surface area contributed by atoms with Gasteiger partial charge in [0.2, 0.25) is 0 Å². The fraction of sp³-hybridized carbons (Fsp3) is 0.286. The van der Waals surface area contributed by atoms with Gasteiger partial charge in [-0.05, 0) is 12.1 Å². The zero-order valence-electron chi connectivity index (χ0n) is 16.3. The number of fused-ring (bicyclic) bond motifs is 1. The van der Waals surface area contributed by atoms with Crippen LogP contribution in [0.25, 0.3) is 11.0 Å². The molecule has 8 nitrogen and oxygen atoms in total. The zero-order chi connectivity index (χ0) is 20.2. The Hall–Kier alpha value is -3.39. The highest BCUT2D eigenvalue weighted by Gasteiger charge is 2.23. The Kier molecular flexibility index (Phi) is 5.44. The Bertz CT molecular complexity index is 1010. The van der Waals surface area contributed by atoms with E-state index in [1.807, 2.05) is 29.2 Å². The minimum Gasteiger partial charge on any atom is -0.497 e. The molecule has 8 heteroatoms. The molecule has 1 aliphatic rings. The summed E-state index contributed by atoms with van der Waals surface area (Å²) in [6.45, 7) is 2.48. The summed E-state index contributed by atoms with van der Waals surface area (Å²) in [5.74, 6) is 1.37. The maximum absolute atomic E-state index is 13.2. The molecule has 1 fully saturated rings. The van der Waals surface area contributed by atoms with Crippen LogP contribution in [0.1, 0.15) is 10.5 Å². The van der Waals surface area contributed by atoms with E-state index in [2.05, 4.69) is 10.3 Å². The average molecular weight is 394 g/mol. The van der Waals surface area contributed by atoms with Crippen LogP contribution in [0, 0.1) is 0 Å². The van der Waals surface area contributed by atoms with E-state index in [-0.39, 0.29) is 11.6 Å². The van der Waals surface area contributed by atoms with E-state index in [9.17, 15) is 4.79 Å². The second-order valence-electron chi connectivity index (χ2n) is 6.54. The Labute approximate surface area is 168 Å². The van der Waals surface area contributed by atoms with Crippen molar-refractivity contribution in [3.63, 3.8) is 0 Å². The number of ether oxygens (including phenoxy) is 3. The van der Waals surface area contributed by atoms with E-state index < -0.39 is 0 Å². The minimum absolute atomic E-state index is 0.271. The number of benzene rings is 2. The number of anilines is 2. The van der Waals surface area contributed by atoms with Gasteiger partial charge < -0.3 is 24.4 Å². The first-order valence-electron chi connectivity index (χ1n) is 9.32. The summed E-state index contributed by atoms with van der Waals surface area (Å²) in [6.07, 6.45) is 0. The molecule has 0 radical (unpaired) electrons. The number of rotatable bonds is 5. The molecule has 1 N–H and O–H groups in total. The predicted molar refractivity (Wildman–Crippen MR) is 110 cm³/mol. The molecule has 29 heavy (non-hydrogen) atoms. The molecule has 0 spiro atoms. The van der Waals surface area contributed by atoms with Crippen LogP contribution in [0.5, 0.6) is 11.5 Å². The molecule has 3 aromatic rings. The average Bonchev–Trinajstić information content (AvgIpc) is 2.78. The topological polar surface area (TPSA) is 85.8 Å². The van der Waals surface area contributed by atoms with Gasteiger partial charge in [0.1, 0.15) is 11.5 Å². The number of amides is 1. The van der Waals surface area contributed by atoms with Gasteiger partial charge >= 0.3 is 0 Å². The Morgan fingerprint density at radius 1 is 1.00 bits per heavy atom. The van der Waals surface area contributed by atoms with Crippen LogP contribution in [0.4, 0.5) is 11.5 Å². The maximum Gasteiger partial charge on any atom is 0.278 e. The van der Waals surface area contributed by atoms with Crippen molar-refractivity contribution >= 4 is 28.4 Å². The predicted octanol–water partition coefficient (Wildman–Crippen LogP) is 2.74. The SMILES string of the molecule is COc1cc(NC(=O)c2nc3ccccc3nc2N2CCOCC2)cc(OC)c1. The molecule has 1 saturated heterocycles. The van der Waals surface area contributed by atoms with Gasteiger partial charge in [-0.25, -0.2) is 9.97 Å². The molecule has 0 unspecified atom stereocenters. The Morgan fingerprint density at radius 2 is 1.62 bits per heavy atom. The smallest absolute Gasteiger partial charge is 0.278 e. The molecule has 1 aliphatic heterocycles. The number of carbonyl (C=O) groups is 1. The summed E-state index contributed by atoms with van der Waals surface area (Å²) in [5.41, 5.74) is 2.23. The van der Waals surface area contributed by atoms with Crippen LogP contribution in [0.2, 0.25) is 0 Å². The third kappa shape index (κ3) is 4.07. The second kappa shape index (κ2) is 8.32. The molecule has 1 amide bonds.